The van der Waals surface area contributed by atoms with Crippen LogP contribution in [0.15, 0.2) is 12.1 Å². The number of aryl methyl sites for hydroxylation is 1. The first kappa shape index (κ1) is 16.0. The first-order chi connectivity index (χ1) is 9.81. The summed E-state index contributed by atoms with van der Waals surface area (Å²) in [5, 5.41) is 8.78. The minimum atomic E-state index is 0.342. The summed E-state index contributed by atoms with van der Waals surface area (Å²) in [5.74, 6) is 0. The minimum absolute atomic E-state index is 0.342. The van der Waals surface area contributed by atoms with Crippen LogP contribution >= 0.6 is 11.3 Å². The van der Waals surface area contributed by atoms with Gasteiger partial charge in [-0.05, 0) is 44.4 Å². The molecule has 20 heavy (non-hydrogen) atoms. The Kier molecular flexibility index (Phi) is 7.00. The number of hydrogen-bond acceptors (Lipinski definition) is 4. The number of hydrogen-bond donors (Lipinski definition) is 1. The van der Waals surface area contributed by atoms with E-state index in [1.165, 1.54) is 48.9 Å². The number of piperazine rings is 1. The van der Waals surface area contributed by atoms with Crippen LogP contribution < -0.4 is 0 Å². The molecule has 1 aliphatic heterocycles. The van der Waals surface area contributed by atoms with Crippen molar-refractivity contribution >= 4 is 11.3 Å². The van der Waals surface area contributed by atoms with Crippen LogP contribution in [0.25, 0.3) is 0 Å². The van der Waals surface area contributed by atoms with Crippen LogP contribution in [0.3, 0.4) is 0 Å². The lowest BCUT2D eigenvalue weighted by atomic mass is 10.2. The van der Waals surface area contributed by atoms with Gasteiger partial charge in [-0.2, -0.15) is 0 Å². The Balaban J connectivity index is 1.63. The van der Waals surface area contributed by atoms with Gasteiger partial charge in [-0.1, -0.05) is 6.92 Å². The van der Waals surface area contributed by atoms with Crippen molar-refractivity contribution in [1.29, 1.82) is 0 Å². The van der Waals surface area contributed by atoms with Gasteiger partial charge in [-0.3, -0.25) is 4.90 Å². The van der Waals surface area contributed by atoms with Crippen molar-refractivity contribution in [3.05, 3.63) is 21.9 Å². The summed E-state index contributed by atoms with van der Waals surface area (Å²) in [6.45, 7) is 9.68. The summed E-state index contributed by atoms with van der Waals surface area (Å²) in [6.07, 6.45) is 4.50. The maximum absolute atomic E-state index is 8.78. The summed E-state index contributed by atoms with van der Waals surface area (Å²) < 4.78 is 0. The highest BCUT2D eigenvalue weighted by Gasteiger charge is 2.16. The fourth-order valence-corrected chi connectivity index (χ4v) is 3.71. The molecule has 0 aromatic carbocycles. The van der Waals surface area contributed by atoms with Crippen LogP contribution in [-0.4, -0.2) is 54.2 Å². The Morgan fingerprint density at radius 2 is 1.70 bits per heavy atom. The molecule has 0 spiro atoms. The summed E-state index contributed by atoms with van der Waals surface area (Å²) in [7, 11) is 0. The van der Waals surface area contributed by atoms with Gasteiger partial charge in [-0.25, -0.2) is 0 Å². The third-order valence-corrected chi connectivity index (χ3v) is 5.26. The average molecular weight is 296 g/mol. The molecule has 1 aromatic heterocycles. The highest BCUT2D eigenvalue weighted by molar-refractivity contribution is 7.11. The second-order valence-corrected chi connectivity index (χ2v) is 6.88. The normalized spacial score (nSPS) is 17.7. The van der Waals surface area contributed by atoms with Gasteiger partial charge in [-0.15, -0.1) is 11.3 Å². The first-order valence-corrected chi connectivity index (χ1v) is 8.76. The number of aliphatic hydroxyl groups is 1. The fourth-order valence-electron chi connectivity index (χ4n) is 2.71. The molecule has 0 radical (unpaired) electrons. The van der Waals surface area contributed by atoms with Crippen LogP contribution in [-0.2, 0) is 13.0 Å². The van der Waals surface area contributed by atoms with Crippen LogP contribution in [0, 0.1) is 0 Å². The highest BCUT2D eigenvalue weighted by Crippen LogP contribution is 2.19. The Morgan fingerprint density at radius 1 is 1.00 bits per heavy atom. The van der Waals surface area contributed by atoms with E-state index in [1.54, 1.807) is 0 Å². The van der Waals surface area contributed by atoms with Gasteiger partial charge in [0.1, 0.15) is 0 Å². The number of unbranched alkanes of at least 4 members (excludes halogenated alkanes) is 2. The van der Waals surface area contributed by atoms with Crippen molar-refractivity contribution in [1.82, 2.24) is 9.80 Å². The van der Waals surface area contributed by atoms with E-state index >= 15 is 0 Å². The van der Waals surface area contributed by atoms with E-state index < -0.39 is 0 Å². The molecule has 3 nitrogen and oxygen atoms in total. The third-order valence-electron chi connectivity index (χ3n) is 4.04. The molecule has 4 heteroatoms. The molecule has 1 aliphatic rings. The molecule has 0 aliphatic carbocycles. The Labute approximate surface area is 127 Å². The van der Waals surface area contributed by atoms with Gasteiger partial charge in [0, 0.05) is 49.1 Å². The molecule has 1 N–H and O–H groups in total. The lowest BCUT2D eigenvalue weighted by Gasteiger charge is -2.34. The van der Waals surface area contributed by atoms with Crippen molar-refractivity contribution in [3.63, 3.8) is 0 Å². The first-order valence-electron chi connectivity index (χ1n) is 7.95. The molecule has 2 heterocycles. The Hall–Kier alpha value is -0.420. The van der Waals surface area contributed by atoms with Crippen molar-refractivity contribution in [2.45, 2.75) is 39.2 Å². The van der Waals surface area contributed by atoms with Gasteiger partial charge < -0.3 is 10.0 Å². The maximum atomic E-state index is 8.78. The topological polar surface area (TPSA) is 26.7 Å². The summed E-state index contributed by atoms with van der Waals surface area (Å²) in [6, 6.07) is 4.57. The smallest absolute Gasteiger partial charge is 0.0431 e. The Morgan fingerprint density at radius 3 is 2.35 bits per heavy atom. The average Bonchev–Trinajstić information content (AvgIpc) is 2.93. The molecule has 1 fully saturated rings. The number of aliphatic hydroxyl groups excluding tert-OH is 1. The second kappa shape index (κ2) is 8.78. The zero-order valence-electron chi connectivity index (χ0n) is 12.7. The van der Waals surface area contributed by atoms with Crippen LogP contribution in [0.4, 0.5) is 0 Å². The van der Waals surface area contributed by atoms with E-state index in [0.717, 1.165) is 25.8 Å². The van der Waals surface area contributed by atoms with Crippen molar-refractivity contribution in [2.75, 3.05) is 39.3 Å². The highest BCUT2D eigenvalue weighted by atomic mass is 32.1. The van der Waals surface area contributed by atoms with Crippen LogP contribution in [0.5, 0.6) is 0 Å². The molecule has 0 saturated carbocycles. The zero-order valence-corrected chi connectivity index (χ0v) is 13.5. The van der Waals surface area contributed by atoms with E-state index in [9.17, 15) is 0 Å². The zero-order chi connectivity index (χ0) is 14.2. The second-order valence-electron chi connectivity index (χ2n) is 5.62. The van der Waals surface area contributed by atoms with E-state index in [4.69, 9.17) is 5.11 Å². The van der Waals surface area contributed by atoms with Crippen molar-refractivity contribution in [3.8, 4) is 0 Å². The standard InChI is InChI=1S/C16H28N2OS/c1-2-15-6-7-16(20-15)14-18-11-9-17(10-12-18)8-4-3-5-13-19/h6-7,19H,2-5,8-14H2,1H3. The quantitative estimate of drug-likeness (QED) is 0.747. The summed E-state index contributed by atoms with van der Waals surface area (Å²) >= 11 is 1.97. The van der Waals surface area contributed by atoms with E-state index in [2.05, 4.69) is 28.9 Å². The predicted molar refractivity (Wildman–Crippen MR) is 86.4 cm³/mol. The summed E-state index contributed by atoms with van der Waals surface area (Å²) in [5.41, 5.74) is 0. The van der Waals surface area contributed by atoms with E-state index in [-0.39, 0.29) is 0 Å². The maximum Gasteiger partial charge on any atom is 0.0431 e. The lowest BCUT2D eigenvalue weighted by Crippen LogP contribution is -2.45. The van der Waals surface area contributed by atoms with Crippen molar-refractivity contribution in [2.24, 2.45) is 0 Å². The lowest BCUT2D eigenvalue weighted by molar-refractivity contribution is 0.126. The molecule has 1 aromatic rings. The molecule has 0 amide bonds. The Bertz CT molecular complexity index is 372. The van der Waals surface area contributed by atoms with Gasteiger partial charge in [0.05, 0.1) is 0 Å². The SMILES string of the molecule is CCc1ccc(CN2CCN(CCCCCO)CC2)s1. The van der Waals surface area contributed by atoms with Crippen molar-refractivity contribution < 1.29 is 5.11 Å². The van der Waals surface area contributed by atoms with Gasteiger partial charge in [0.25, 0.3) is 0 Å². The molecule has 0 unspecified atom stereocenters. The monoisotopic (exact) mass is 296 g/mol. The number of thiophene rings is 1. The molecule has 0 bridgehead atoms. The third kappa shape index (κ3) is 5.17. The predicted octanol–water partition coefficient (Wildman–Crippen LogP) is 2.59. The van der Waals surface area contributed by atoms with Crippen LogP contribution in [0.1, 0.15) is 35.9 Å². The largest absolute Gasteiger partial charge is 0.396 e. The molecule has 2 rings (SSSR count). The van der Waals surface area contributed by atoms with Gasteiger partial charge in [0.15, 0.2) is 0 Å². The molecule has 0 atom stereocenters. The molecular formula is C16H28N2OS. The van der Waals surface area contributed by atoms with Gasteiger partial charge in [0.2, 0.25) is 0 Å². The number of rotatable bonds is 8. The molecule has 1 saturated heterocycles. The van der Waals surface area contributed by atoms with E-state index in [0.29, 0.717) is 6.61 Å². The number of nitrogens with zero attached hydrogens (tertiary/aromatic N) is 2. The molecule has 114 valence electrons. The molecular weight excluding hydrogens is 268 g/mol. The summed E-state index contributed by atoms with van der Waals surface area (Å²) in [4.78, 5) is 8.16. The fraction of sp³-hybridized carbons (Fsp3) is 0.750. The minimum Gasteiger partial charge on any atom is -0.396 e. The van der Waals surface area contributed by atoms with Gasteiger partial charge >= 0.3 is 0 Å². The van der Waals surface area contributed by atoms with Crippen LogP contribution in [0.2, 0.25) is 0 Å². The van der Waals surface area contributed by atoms with E-state index in [1.807, 2.05) is 11.3 Å².